The van der Waals surface area contributed by atoms with Crippen molar-refractivity contribution in [2.75, 3.05) is 12.8 Å². The molecule has 4 aromatic rings. The van der Waals surface area contributed by atoms with Crippen molar-refractivity contribution in [1.29, 1.82) is 0 Å². The Hall–Kier alpha value is -2.76. The molecule has 0 aliphatic heterocycles. The van der Waals surface area contributed by atoms with Gasteiger partial charge < -0.3 is 4.57 Å². The maximum absolute atomic E-state index is 13.2. The SMILES string of the molecule is CNS(=O)(=O)C[C@H]1CC[C@H](n2cnc3cnc4c(ccn4S(=O)(=O)c4ccccc4)c32)CC1. The lowest BCUT2D eigenvalue weighted by atomic mass is 9.87. The molecule has 0 amide bonds. The molecule has 3 aromatic heterocycles. The molecule has 11 heteroatoms. The van der Waals surface area contributed by atoms with E-state index in [1.807, 2.05) is 0 Å². The molecule has 0 bridgehead atoms. The van der Waals surface area contributed by atoms with E-state index in [1.54, 1.807) is 48.9 Å². The van der Waals surface area contributed by atoms with E-state index >= 15 is 0 Å². The van der Waals surface area contributed by atoms with E-state index in [4.69, 9.17) is 0 Å². The first-order valence-corrected chi connectivity index (χ1v) is 13.9. The van der Waals surface area contributed by atoms with E-state index in [2.05, 4.69) is 19.3 Å². The molecule has 1 aromatic carbocycles. The third kappa shape index (κ3) is 3.94. The summed E-state index contributed by atoms with van der Waals surface area (Å²) < 4.78 is 55.9. The lowest BCUT2D eigenvalue weighted by Gasteiger charge is -2.29. The molecule has 1 aliphatic rings. The fourth-order valence-electron chi connectivity index (χ4n) is 4.75. The molecule has 9 nitrogen and oxygen atoms in total. The smallest absolute Gasteiger partial charge is 0.269 e. The van der Waals surface area contributed by atoms with Gasteiger partial charge in [-0.15, -0.1) is 0 Å². The number of sulfonamides is 1. The van der Waals surface area contributed by atoms with Crippen molar-refractivity contribution in [3.8, 4) is 0 Å². The van der Waals surface area contributed by atoms with Gasteiger partial charge in [0, 0.05) is 17.6 Å². The summed E-state index contributed by atoms with van der Waals surface area (Å²) >= 11 is 0. The highest BCUT2D eigenvalue weighted by atomic mass is 32.2. The molecular weight excluding hydrogens is 462 g/mol. The van der Waals surface area contributed by atoms with E-state index in [9.17, 15) is 16.8 Å². The Labute approximate surface area is 192 Å². The number of aromatic nitrogens is 4. The minimum atomic E-state index is -3.78. The fraction of sp³-hybridized carbons (Fsp3) is 0.364. The Kier molecular flexibility index (Phi) is 5.50. The van der Waals surface area contributed by atoms with Crippen molar-refractivity contribution in [2.24, 2.45) is 5.92 Å². The summed E-state index contributed by atoms with van der Waals surface area (Å²) in [7, 11) is -5.56. The number of benzene rings is 1. The average Bonchev–Trinajstić information content (AvgIpc) is 3.44. The van der Waals surface area contributed by atoms with Gasteiger partial charge in [0.05, 0.1) is 28.7 Å². The Morgan fingerprint density at radius 1 is 1.00 bits per heavy atom. The Morgan fingerprint density at radius 3 is 2.42 bits per heavy atom. The van der Waals surface area contributed by atoms with Gasteiger partial charge in [-0.2, -0.15) is 0 Å². The van der Waals surface area contributed by atoms with E-state index in [0.717, 1.165) is 36.6 Å². The molecule has 0 unspecified atom stereocenters. The summed E-state index contributed by atoms with van der Waals surface area (Å²) in [6, 6.07) is 10.2. The number of nitrogens with one attached hydrogen (secondary N) is 1. The van der Waals surface area contributed by atoms with Crippen LogP contribution in [0.1, 0.15) is 31.7 Å². The van der Waals surface area contributed by atoms with Crippen LogP contribution in [0.5, 0.6) is 0 Å². The lowest BCUT2D eigenvalue weighted by Crippen LogP contribution is -2.29. The largest absolute Gasteiger partial charge is 0.327 e. The second kappa shape index (κ2) is 8.23. The summed E-state index contributed by atoms with van der Waals surface area (Å²) in [6.07, 6.45) is 8.22. The van der Waals surface area contributed by atoms with Crippen LogP contribution < -0.4 is 4.72 Å². The van der Waals surface area contributed by atoms with Crippen molar-refractivity contribution >= 4 is 42.1 Å². The summed E-state index contributed by atoms with van der Waals surface area (Å²) in [5, 5.41) is 0.726. The summed E-state index contributed by atoms with van der Waals surface area (Å²) in [5.41, 5.74) is 1.92. The molecule has 1 fully saturated rings. The van der Waals surface area contributed by atoms with Crippen molar-refractivity contribution in [1.82, 2.24) is 23.2 Å². The zero-order valence-corrected chi connectivity index (χ0v) is 19.8. The van der Waals surface area contributed by atoms with Gasteiger partial charge in [0.25, 0.3) is 10.0 Å². The van der Waals surface area contributed by atoms with Crippen molar-refractivity contribution in [3.63, 3.8) is 0 Å². The molecule has 0 saturated heterocycles. The number of nitrogens with zero attached hydrogens (tertiary/aromatic N) is 4. The molecule has 0 radical (unpaired) electrons. The van der Waals surface area contributed by atoms with Crippen LogP contribution in [0.15, 0.2) is 60.0 Å². The zero-order chi connectivity index (χ0) is 23.2. The number of imidazole rings is 1. The molecular formula is C22H25N5O4S2. The monoisotopic (exact) mass is 487 g/mol. The quantitative estimate of drug-likeness (QED) is 0.447. The van der Waals surface area contributed by atoms with Gasteiger partial charge in [-0.05, 0) is 56.8 Å². The fourth-order valence-corrected chi connectivity index (χ4v) is 7.19. The van der Waals surface area contributed by atoms with E-state index in [1.165, 1.54) is 17.2 Å². The highest BCUT2D eigenvalue weighted by Crippen LogP contribution is 2.36. The number of hydrogen-bond donors (Lipinski definition) is 1. The Balaban J connectivity index is 1.50. The molecule has 1 saturated carbocycles. The summed E-state index contributed by atoms with van der Waals surface area (Å²) in [4.78, 5) is 9.12. The van der Waals surface area contributed by atoms with Crippen LogP contribution in [0.25, 0.3) is 22.1 Å². The maximum Gasteiger partial charge on any atom is 0.269 e. The van der Waals surface area contributed by atoms with Gasteiger partial charge in [-0.1, -0.05) is 18.2 Å². The average molecular weight is 488 g/mol. The maximum atomic E-state index is 13.2. The highest BCUT2D eigenvalue weighted by Gasteiger charge is 2.28. The third-order valence-electron chi connectivity index (χ3n) is 6.49. The molecule has 0 spiro atoms. The summed E-state index contributed by atoms with van der Waals surface area (Å²) in [5.74, 6) is 0.280. The standard InChI is InChI=1S/C22H25N5O4S2/c1-23-32(28,29)14-16-7-9-17(10-8-16)26-15-25-20-13-24-22-19(21(20)26)11-12-27(22)33(30,31)18-5-3-2-4-6-18/h2-6,11-13,15-17,23H,7-10,14H2,1H3/t16-,17-. The predicted octanol–water partition coefficient (Wildman–Crippen LogP) is 2.90. The van der Waals surface area contributed by atoms with Crippen LogP contribution in [-0.2, 0) is 20.0 Å². The second-order valence-corrected chi connectivity index (χ2v) is 12.3. The Morgan fingerprint density at radius 2 is 1.73 bits per heavy atom. The van der Waals surface area contributed by atoms with Crippen LogP contribution in [0.2, 0.25) is 0 Å². The van der Waals surface area contributed by atoms with E-state index < -0.39 is 20.0 Å². The van der Waals surface area contributed by atoms with Crippen molar-refractivity contribution < 1.29 is 16.8 Å². The summed E-state index contributed by atoms with van der Waals surface area (Å²) in [6.45, 7) is 0. The van der Waals surface area contributed by atoms with Crippen LogP contribution in [0, 0.1) is 5.92 Å². The first-order valence-electron chi connectivity index (χ1n) is 10.8. The van der Waals surface area contributed by atoms with Gasteiger partial charge >= 0.3 is 0 Å². The minimum absolute atomic E-state index is 0.132. The molecule has 33 heavy (non-hydrogen) atoms. The number of fused-ring (bicyclic) bond motifs is 3. The third-order valence-corrected chi connectivity index (χ3v) is 9.70. The van der Waals surface area contributed by atoms with E-state index in [-0.39, 0.29) is 22.6 Å². The van der Waals surface area contributed by atoms with Crippen LogP contribution in [0.4, 0.5) is 0 Å². The van der Waals surface area contributed by atoms with Crippen LogP contribution in [0.3, 0.4) is 0 Å². The number of hydrogen-bond acceptors (Lipinski definition) is 6. The first kappa shape index (κ1) is 22.1. The molecule has 1 aliphatic carbocycles. The minimum Gasteiger partial charge on any atom is -0.327 e. The zero-order valence-electron chi connectivity index (χ0n) is 18.1. The van der Waals surface area contributed by atoms with Crippen molar-refractivity contribution in [3.05, 3.63) is 55.1 Å². The molecule has 1 N–H and O–H groups in total. The van der Waals surface area contributed by atoms with Gasteiger partial charge in [0.2, 0.25) is 10.0 Å². The van der Waals surface area contributed by atoms with Gasteiger partial charge in [-0.3, -0.25) is 0 Å². The van der Waals surface area contributed by atoms with E-state index in [0.29, 0.717) is 11.2 Å². The topological polar surface area (TPSA) is 116 Å². The Bertz CT molecular complexity index is 1520. The lowest BCUT2D eigenvalue weighted by molar-refractivity contribution is 0.294. The predicted molar refractivity (Wildman–Crippen MR) is 126 cm³/mol. The molecule has 5 rings (SSSR count). The van der Waals surface area contributed by atoms with Gasteiger partial charge in [-0.25, -0.2) is 35.5 Å². The number of pyridine rings is 1. The molecule has 174 valence electrons. The van der Waals surface area contributed by atoms with Crippen molar-refractivity contribution in [2.45, 2.75) is 36.6 Å². The highest BCUT2D eigenvalue weighted by molar-refractivity contribution is 7.90. The van der Waals surface area contributed by atoms with Crippen LogP contribution in [-0.4, -0.2) is 48.1 Å². The molecule has 3 heterocycles. The van der Waals surface area contributed by atoms with Gasteiger partial charge in [0.15, 0.2) is 5.65 Å². The number of rotatable bonds is 6. The molecule has 0 atom stereocenters. The second-order valence-electron chi connectivity index (χ2n) is 8.47. The normalized spacial score (nSPS) is 19.9. The van der Waals surface area contributed by atoms with Crippen LogP contribution >= 0.6 is 0 Å². The first-order chi connectivity index (χ1) is 15.8. The van der Waals surface area contributed by atoms with Gasteiger partial charge in [0.1, 0.15) is 5.52 Å².